The van der Waals surface area contributed by atoms with Crippen molar-refractivity contribution in [3.05, 3.63) is 90.0 Å². The number of esters is 1. The molecule has 0 aliphatic carbocycles. The second-order valence-electron chi connectivity index (χ2n) is 9.94. The zero-order valence-electron chi connectivity index (χ0n) is 21.9. The van der Waals surface area contributed by atoms with Gasteiger partial charge in [-0.1, -0.05) is 87.5 Å². The number of hydrogen-bond donors (Lipinski definition) is 0. The molecule has 4 aromatic rings. The lowest BCUT2D eigenvalue weighted by atomic mass is 9.87. The molecule has 37 heavy (non-hydrogen) atoms. The molecule has 1 aromatic heterocycles. The van der Waals surface area contributed by atoms with Crippen LogP contribution in [0.4, 0.5) is 0 Å². The number of hydrogen-bond acceptors (Lipinski definition) is 6. The second-order valence-corrected chi connectivity index (χ2v) is 9.94. The average molecular weight is 499 g/mol. The van der Waals surface area contributed by atoms with E-state index in [1.54, 1.807) is 0 Å². The standard InChI is InChI=1S/C31H34N2O4/c1-31(2,3)24-18-16-23(17-19-24)28-32-26-15-9-8-14-25(26)29(33-28)37-21-11-10-20-36-27(30(34)35-4)22-12-6-5-7-13-22/h5-9,12-19,27H,10-11,20-21H2,1-4H3. The maximum absolute atomic E-state index is 12.2. The highest BCUT2D eigenvalue weighted by atomic mass is 16.6. The SMILES string of the molecule is COC(=O)C(OCCCCOc1nc(-c2ccc(C(C)(C)C)cc2)nc2ccccc12)c1ccccc1. The molecule has 1 atom stereocenters. The van der Waals surface area contributed by atoms with Crippen LogP contribution in [0.2, 0.25) is 0 Å². The van der Waals surface area contributed by atoms with E-state index in [-0.39, 0.29) is 5.41 Å². The molecule has 0 bridgehead atoms. The molecular weight excluding hydrogens is 464 g/mol. The highest BCUT2D eigenvalue weighted by Crippen LogP contribution is 2.29. The number of para-hydroxylation sites is 1. The first-order chi connectivity index (χ1) is 17.9. The Hall–Kier alpha value is -3.77. The Kier molecular flexibility index (Phi) is 8.51. The number of ether oxygens (including phenoxy) is 3. The molecular formula is C31H34N2O4. The second kappa shape index (κ2) is 12.0. The van der Waals surface area contributed by atoms with Gasteiger partial charge in [-0.05, 0) is 41.5 Å². The minimum absolute atomic E-state index is 0.0821. The van der Waals surface area contributed by atoms with Crippen LogP contribution in [0, 0.1) is 0 Å². The van der Waals surface area contributed by atoms with Crippen LogP contribution >= 0.6 is 0 Å². The van der Waals surface area contributed by atoms with Gasteiger partial charge in [0.25, 0.3) is 0 Å². The van der Waals surface area contributed by atoms with Crippen molar-refractivity contribution in [2.75, 3.05) is 20.3 Å². The van der Waals surface area contributed by atoms with E-state index in [2.05, 4.69) is 45.0 Å². The quantitative estimate of drug-likeness (QED) is 0.179. The number of aromatic nitrogens is 2. The zero-order valence-corrected chi connectivity index (χ0v) is 21.9. The third kappa shape index (κ3) is 6.71. The topological polar surface area (TPSA) is 70.5 Å². The van der Waals surface area contributed by atoms with Crippen molar-refractivity contribution in [1.82, 2.24) is 9.97 Å². The van der Waals surface area contributed by atoms with Crippen LogP contribution < -0.4 is 4.74 Å². The molecule has 6 heteroatoms. The van der Waals surface area contributed by atoms with Crippen molar-refractivity contribution >= 4 is 16.9 Å². The normalized spacial score (nSPS) is 12.3. The van der Waals surface area contributed by atoms with Crippen molar-refractivity contribution in [3.8, 4) is 17.3 Å². The first-order valence-corrected chi connectivity index (χ1v) is 12.6. The Balaban J connectivity index is 1.39. The Labute approximate surface area is 218 Å². The summed E-state index contributed by atoms with van der Waals surface area (Å²) in [6.07, 6.45) is 0.742. The summed E-state index contributed by atoms with van der Waals surface area (Å²) < 4.78 is 16.9. The van der Waals surface area contributed by atoms with Crippen LogP contribution in [0.25, 0.3) is 22.3 Å². The predicted molar refractivity (Wildman–Crippen MR) is 146 cm³/mol. The lowest BCUT2D eigenvalue weighted by molar-refractivity contribution is -0.154. The van der Waals surface area contributed by atoms with E-state index in [1.807, 2.05) is 54.6 Å². The van der Waals surface area contributed by atoms with Gasteiger partial charge in [0.2, 0.25) is 5.88 Å². The van der Waals surface area contributed by atoms with Gasteiger partial charge in [0, 0.05) is 12.2 Å². The van der Waals surface area contributed by atoms with Crippen LogP contribution in [0.15, 0.2) is 78.9 Å². The smallest absolute Gasteiger partial charge is 0.339 e. The van der Waals surface area contributed by atoms with Gasteiger partial charge in [0.1, 0.15) is 0 Å². The first-order valence-electron chi connectivity index (χ1n) is 12.6. The number of rotatable bonds is 10. The molecule has 0 saturated heterocycles. The number of methoxy groups -OCH3 is 1. The van der Waals surface area contributed by atoms with E-state index in [0.29, 0.717) is 24.9 Å². The minimum atomic E-state index is -0.731. The molecule has 4 rings (SSSR count). The Bertz CT molecular complexity index is 1310. The molecule has 1 unspecified atom stereocenters. The van der Waals surface area contributed by atoms with Crippen molar-refractivity contribution in [2.24, 2.45) is 0 Å². The van der Waals surface area contributed by atoms with Gasteiger partial charge in [-0.25, -0.2) is 9.78 Å². The average Bonchev–Trinajstić information content (AvgIpc) is 2.92. The highest BCUT2D eigenvalue weighted by Gasteiger charge is 2.21. The molecule has 0 spiro atoms. The largest absolute Gasteiger partial charge is 0.477 e. The number of unbranched alkanes of at least 4 members (excludes halogenated alkanes) is 1. The van der Waals surface area contributed by atoms with Gasteiger partial charge in [0.15, 0.2) is 11.9 Å². The van der Waals surface area contributed by atoms with Gasteiger partial charge in [0.05, 0.1) is 24.6 Å². The summed E-state index contributed by atoms with van der Waals surface area (Å²) in [5.74, 6) is 0.803. The van der Waals surface area contributed by atoms with E-state index >= 15 is 0 Å². The third-order valence-electron chi connectivity index (χ3n) is 6.16. The third-order valence-corrected chi connectivity index (χ3v) is 6.16. The maximum atomic E-state index is 12.2. The number of nitrogens with zero attached hydrogens (tertiary/aromatic N) is 2. The highest BCUT2D eigenvalue weighted by molar-refractivity contribution is 5.85. The number of benzene rings is 3. The van der Waals surface area contributed by atoms with Crippen LogP contribution in [0.1, 0.15) is 50.8 Å². The Morgan fingerprint density at radius 3 is 2.22 bits per heavy atom. The molecule has 1 heterocycles. The van der Waals surface area contributed by atoms with Gasteiger partial charge in [-0.2, -0.15) is 4.98 Å². The van der Waals surface area contributed by atoms with Crippen LogP contribution in [-0.4, -0.2) is 36.3 Å². The molecule has 0 aliphatic rings. The van der Waals surface area contributed by atoms with E-state index in [4.69, 9.17) is 24.2 Å². The van der Waals surface area contributed by atoms with Crippen molar-refractivity contribution in [2.45, 2.75) is 45.1 Å². The van der Waals surface area contributed by atoms with Crippen LogP contribution in [-0.2, 0) is 19.7 Å². The lowest BCUT2D eigenvalue weighted by Crippen LogP contribution is -2.18. The summed E-state index contributed by atoms with van der Waals surface area (Å²) in [7, 11) is 1.37. The Morgan fingerprint density at radius 1 is 0.838 bits per heavy atom. The molecule has 0 radical (unpaired) electrons. The lowest BCUT2D eigenvalue weighted by Gasteiger charge is -2.19. The predicted octanol–water partition coefficient (Wildman–Crippen LogP) is 6.68. The molecule has 0 aliphatic heterocycles. The number of fused-ring (bicyclic) bond motifs is 1. The van der Waals surface area contributed by atoms with Gasteiger partial charge >= 0.3 is 5.97 Å². The molecule has 0 amide bonds. The minimum Gasteiger partial charge on any atom is -0.477 e. The molecule has 6 nitrogen and oxygen atoms in total. The van der Waals surface area contributed by atoms with Crippen molar-refractivity contribution < 1.29 is 19.0 Å². The van der Waals surface area contributed by atoms with Crippen LogP contribution in [0.3, 0.4) is 0 Å². The summed E-state index contributed by atoms with van der Waals surface area (Å²) in [4.78, 5) is 21.7. The molecule has 0 saturated carbocycles. The monoisotopic (exact) mass is 498 g/mol. The fraction of sp³-hybridized carbons (Fsp3) is 0.323. The van der Waals surface area contributed by atoms with E-state index < -0.39 is 12.1 Å². The molecule has 0 N–H and O–H groups in total. The Morgan fingerprint density at radius 2 is 1.51 bits per heavy atom. The summed E-state index contributed by atoms with van der Waals surface area (Å²) >= 11 is 0. The summed E-state index contributed by atoms with van der Waals surface area (Å²) in [5, 5.41) is 0.878. The summed E-state index contributed by atoms with van der Waals surface area (Å²) in [5.41, 5.74) is 3.92. The van der Waals surface area contributed by atoms with Gasteiger partial charge in [-0.3, -0.25) is 0 Å². The van der Waals surface area contributed by atoms with E-state index in [9.17, 15) is 4.79 Å². The fourth-order valence-corrected chi connectivity index (χ4v) is 4.02. The maximum Gasteiger partial charge on any atom is 0.339 e. The number of carbonyl (C=O) groups excluding carboxylic acids is 1. The van der Waals surface area contributed by atoms with Gasteiger partial charge < -0.3 is 14.2 Å². The summed E-state index contributed by atoms with van der Waals surface area (Å²) in [6, 6.07) is 25.6. The molecule has 0 fully saturated rings. The molecule has 3 aromatic carbocycles. The molecule has 192 valence electrons. The van der Waals surface area contributed by atoms with E-state index in [1.165, 1.54) is 12.7 Å². The first kappa shape index (κ1) is 26.3. The summed E-state index contributed by atoms with van der Waals surface area (Å²) in [6.45, 7) is 7.48. The number of carbonyl (C=O) groups is 1. The fourth-order valence-electron chi connectivity index (χ4n) is 4.02. The van der Waals surface area contributed by atoms with Crippen molar-refractivity contribution in [3.63, 3.8) is 0 Å². The van der Waals surface area contributed by atoms with E-state index in [0.717, 1.165) is 34.9 Å². The van der Waals surface area contributed by atoms with Crippen LogP contribution in [0.5, 0.6) is 5.88 Å². The zero-order chi connectivity index (χ0) is 26.3. The van der Waals surface area contributed by atoms with Crippen molar-refractivity contribution in [1.29, 1.82) is 0 Å². The van der Waals surface area contributed by atoms with Gasteiger partial charge in [-0.15, -0.1) is 0 Å².